The normalized spacial score (nSPS) is 18.1. The Hall–Kier alpha value is -2.28. The van der Waals surface area contributed by atoms with Gasteiger partial charge in [0.05, 0.1) is 24.7 Å². The molecule has 1 unspecified atom stereocenters. The molecule has 3 rings (SSSR count). The van der Waals surface area contributed by atoms with E-state index in [0.717, 1.165) is 18.6 Å². The monoisotopic (exact) mass is 405 g/mol. The Morgan fingerprint density at radius 3 is 2.75 bits per heavy atom. The summed E-state index contributed by atoms with van der Waals surface area (Å²) < 4.78 is 35.3. The van der Waals surface area contributed by atoms with Gasteiger partial charge in [0.15, 0.2) is 9.84 Å². The number of benzene rings is 1. The van der Waals surface area contributed by atoms with Crippen LogP contribution in [0.25, 0.3) is 0 Å². The Kier molecular flexibility index (Phi) is 6.44. The van der Waals surface area contributed by atoms with Crippen LogP contribution in [0, 0.1) is 6.92 Å². The van der Waals surface area contributed by atoms with Crippen molar-refractivity contribution in [3.05, 3.63) is 53.5 Å². The summed E-state index contributed by atoms with van der Waals surface area (Å²) in [5.41, 5.74) is 0.488. The summed E-state index contributed by atoms with van der Waals surface area (Å²) in [4.78, 5) is 14.9. The highest BCUT2D eigenvalue weighted by molar-refractivity contribution is 7.91. The lowest BCUT2D eigenvalue weighted by Crippen LogP contribution is -2.40. The molecule has 1 aromatic carbocycles. The van der Waals surface area contributed by atoms with Crippen molar-refractivity contribution in [1.82, 2.24) is 4.90 Å². The van der Waals surface area contributed by atoms with Gasteiger partial charge in [-0.3, -0.25) is 4.79 Å². The molecule has 1 aliphatic rings. The molecule has 1 aliphatic heterocycles. The van der Waals surface area contributed by atoms with E-state index in [2.05, 4.69) is 6.92 Å². The van der Waals surface area contributed by atoms with Gasteiger partial charge in [0.25, 0.3) is 5.91 Å². The Bertz CT molecular complexity index is 918. The second-order valence-corrected chi connectivity index (χ2v) is 9.46. The Balaban J connectivity index is 1.82. The second-order valence-electron chi connectivity index (χ2n) is 7.23. The van der Waals surface area contributed by atoms with Crippen LogP contribution >= 0.6 is 0 Å². The zero-order chi connectivity index (χ0) is 20.1. The molecule has 2 aromatic rings. The number of nitrogens with zero attached hydrogens (tertiary/aromatic N) is 1. The summed E-state index contributed by atoms with van der Waals surface area (Å²) in [5.74, 6) is 1.94. The smallest absolute Gasteiger partial charge is 0.254 e. The molecule has 28 heavy (non-hydrogen) atoms. The number of ether oxygens (including phenoxy) is 1. The molecule has 1 atom stereocenters. The van der Waals surface area contributed by atoms with Crippen LogP contribution in [0.15, 0.2) is 40.8 Å². The molecular weight excluding hydrogens is 378 g/mol. The molecule has 152 valence electrons. The van der Waals surface area contributed by atoms with Crippen molar-refractivity contribution in [1.29, 1.82) is 0 Å². The maximum absolute atomic E-state index is 13.3. The van der Waals surface area contributed by atoms with E-state index in [1.807, 2.05) is 25.1 Å². The van der Waals surface area contributed by atoms with Gasteiger partial charge in [0.2, 0.25) is 0 Å². The van der Waals surface area contributed by atoms with Crippen molar-refractivity contribution < 1.29 is 22.4 Å². The van der Waals surface area contributed by atoms with E-state index in [4.69, 9.17) is 9.15 Å². The van der Waals surface area contributed by atoms with Crippen LogP contribution in [0.2, 0.25) is 0 Å². The number of amides is 1. The van der Waals surface area contributed by atoms with Gasteiger partial charge < -0.3 is 14.1 Å². The molecule has 0 saturated carbocycles. The SMILES string of the molecule is CCCCOc1cccc(C(=O)N(Cc2ccc(C)o2)C2CCS(=O)(=O)C2)c1. The van der Waals surface area contributed by atoms with Gasteiger partial charge in [-0.25, -0.2) is 8.42 Å². The van der Waals surface area contributed by atoms with E-state index in [1.165, 1.54) is 0 Å². The zero-order valence-corrected chi connectivity index (χ0v) is 17.2. The average molecular weight is 406 g/mol. The number of hydrogen-bond acceptors (Lipinski definition) is 5. The molecule has 1 saturated heterocycles. The highest BCUT2D eigenvalue weighted by Gasteiger charge is 2.35. The molecule has 1 amide bonds. The van der Waals surface area contributed by atoms with E-state index in [1.54, 1.807) is 23.1 Å². The van der Waals surface area contributed by atoms with Crippen LogP contribution in [0.3, 0.4) is 0 Å². The molecule has 6 nitrogen and oxygen atoms in total. The summed E-state index contributed by atoms with van der Waals surface area (Å²) in [7, 11) is -3.12. The Labute approximate surface area is 166 Å². The van der Waals surface area contributed by atoms with E-state index in [-0.39, 0.29) is 30.0 Å². The standard InChI is InChI=1S/C21H27NO5S/c1-3-4-11-26-19-7-5-6-17(13-19)21(23)22(14-20-9-8-16(2)27-20)18-10-12-28(24,25)15-18/h5-9,13,18H,3-4,10-12,14-15H2,1-2H3. The number of carbonyl (C=O) groups is 1. The Morgan fingerprint density at radius 2 is 2.11 bits per heavy atom. The third-order valence-electron chi connectivity index (χ3n) is 4.88. The fourth-order valence-electron chi connectivity index (χ4n) is 3.35. The first-order valence-electron chi connectivity index (χ1n) is 9.67. The van der Waals surface area contributed by atoms with Gasteiger partial charge in [0.1, 0.15) is 17.3 Å². The number of hydrogen-bond donors (Lipinski definition) is 0. The molecule has 0 bridgehead atoms. The topological polar surface area (TPSA) is 76.8 Å². The number of sulfone groups is 1. The lowest BCUT2D eigenvalue weighted by atomic mass is 10.1. The molecular formula is C21H27NO5S. The minimum atomic E-state index is -3.12. The Morgan fingerprint density at radius 1 is 1.29 bits per heavy atom. The van der Waals surface area contributed by atoms with Crippen LogP contribution in [-0.4, -0.2) is 43.4 Å². The van der Waals surface area contributed by atoms with Crippen LogP contribution in [0.1, 0.15) is 48.1 Å². The minimum Gasteiger partial charge on any atom is -0.494 e. The van der Waals surface area contributed by atoms with Crippen molar-refractivity contribution in [2.45, 2.75) is 45.7 Å². The largest absolute Gasteiger partial charge is 0.494 e. The predicted octanol–water partition coefficient (Wildman–Crippen LogP) is 3.60. The van der Waals surface area contributed by atoms with Crippen LogP contribution in [0.5, 0.6) is 5.75 Å². The number of unbranched alkanes of at least 4 members (excludes halogenated alkanes) is 1. The molecule has 0 aliphatic carbocycles. The van der Waals surface area contributed by atoms with Crippen molar-refractivity contribution in [2.24, 2.45) is 0 Å². The molecule has 2 heterocycles. The van der Waals surface area contributed by atoms with Gasteiger partial charge in [-0.15, -0.1) is 0 Å². The first-order chi connectivity index (χ1) is 13.4. The van der Waals surface area contributed by atoms with Gasteiger partial charge in [-0.1, -0.05) is 19.4 Å². The maximum Gasteiger partial charge on any atom is 0.254 e. The van der Waals surface area contributed by atoms with Crippen LogP contribution in [-0.2, 0) is 16.4 Å². The molecule has 0 radical (unpaired) electrons. The summed E-state index contributed by atoms with van der Waals surface area (Å²) in [5, 5.41) is 0. The van der Waals surface area contributed by atoms with E-state index >= 15 is 0 Å². The highest BCUT2D eigenvalue weighted by atomic mass is 32.2. The maximum atomic E-state index is 13.3. The van der Waals surface area contributed by atoms with Crippen LogP contribution in [0.4, 0.5) is 0 Å². The highest BCUT2D eigenvalue weighted by Crippen LogP contribution is 2.24. The molecule has 1 aromatic heterocycles. The quantitative estimate of drug-likeness (QED) is 0.627. The summed E-state index contributed by atoms with van der Waals surface area (Å²) in [6, 6.07) is 10.4. The van der Waals surface area contributed by atoms with Crippen molar-refractivity contribution in [3.8, 4) is 5.75 Å². The fourth-order valence-corrected chi connectivity index (χ4v) is 5.08. The molecule has 1 fully saturated rings. The van der Waals surface area contributed by atoms with Gasteiger partial charge >= 0.3 is 0 Å². The third kappa shape index (κ3) is 5.16. The number of rotatable bonds is 8. The van der Waals surface area contributed by atoms with Crippen molar-refractivity contribution in [3.63, 3.8) is 0 Å². The molecule has 0 spiro atoms. The molecule has 7 heteroatoms. The van der Waals surface area contributed by atoms with Crippen molar-refractivity contribution >= 4 is 15.7 Å². The first kappa shape index (κ1) is 20.5. The van der Waals surface area contributed by atoms with Crippen LogP contribution < -0.4 is 4.74 Å². The summed E-state index contributed by atoms with van der Waals surface area (Å²) >= 11 is 0. The summed E-state index contributed by atoms with van der Waals surface area (Å²) in [6.45, 7) is 4.78. The average Bonchev–Trinajstić information content (AvgIpc) is 3.24. The first-order valence-corrected chi connectivity index (χ1v) is 11.5. The number of aryl methyl sites for hydroxylation is 1. The molecule has 0 N–H and O–H groups in total. The van der Waals surface area contributed by atoms with Gasteiger partial charge in [-0.05, 0) is 50.1 Å². The van der Waals surface area contributed by atoms with Crippen molar-refractivity contribution in [2.75, 3.05) is 18.1 Å². The van der Waals surface area contributed by atoms with Gasteiger partial charge in [0, 0.05) is 11.6 Å². The zero-order valence-electron chi connectivity index (χ0n) is 16.4. The number of carbonyl (C=O) groups excluding carboxylic acids is 1. The third-order valence-corrected chi connectivity index (χ3v) is 6.63. The minimum absolute atomic E-state index is 0.00881. The van der Waals surface area contributed by atoms with Gasteiger partial charge in [-0.2, -0.15) is 0 Å². The summed E-state index contributed by atoms with van der Waals surface area (Å²) in [6.07, 6.45) is 2.42. The predicted molar refractivity (Wildman–Crippen MR) is 107 cm³/mol. The lowest BCUT2D eigenvalue weighted by molar-refractivity contribution is 0.0665. The van der Waals surface area contributed by atoms with E-state index < -0.39 is 9.84 Å². The second kappa shape index (κ2) is 8.82. The van der Waals surface area contributed by atoms with E-state index in [9.17, 15) is 13.2 Å². The number of furan rings is 1. The fraction of sp³-hybridized carbons (Fsp3) is 0.476. The lowest BCUT2D eigenvalue weighted by Gasteiger charge is -2.27. The van der Waals surface area contributed by atoms with E-state index in [0.29, 0.717) is 30.1 Å².